The van der Waals surface area contributed by atoms with E-state index in [-0.39, 0.29) is 36.6 Å². The van der Waals surface area contributed by atoms with Gasteiger partial charge in [0.15, 0.2) is 0 Å². The van der Waals surface area contributed by atoms with E-state index in [4.69, 9.17) is 10.5 Å². The Kier molecular flexibility index (Phi) is 9.79. The fourth-order valence-electron chi connectivity index (χ4n) is 4.12. The number of carbonyl (C=O) groups is 2. The van der Waals surface area contributed by atoms with Gasteiger partial charge in [0.25, 0.3) is 0 Å². The van der Waals surface area contributed by atoms with Crippen LogP contribution in [0.3, 0.4) is 0 Å². The number of piperidine rings is 1. The van der Waals surface area contributed by atoms with Crippen molar-refractivity contribution in [2.75, 3.05) is 52.5 Å². The van der Waals surface area contributed by atoms with Crippen LogP contribution in [0.4, 0.5) is 0 Å². The zero-order valence-corrected chi connectivity index (χ0v) is 17.9. The number of likely N-dealkylation sites (tertiary alicyclic amines) is 1. The summed E-state index contributed by atoms with van der Waals surface area (Å²) < 4.78 is 5.33. The maximum Gasteiger partial charge on any atom is 0.242 e. The van der Waals surface area contributed by atoms with Crippen LogP contribution >= 0.6 is 24.8 Å². The predicted molar refractivity (Wildman–Crippen MR) is 110 cm³/mol. The Labute approximate surface area is 174 Å². The lowest BCUT2D eigenvalue weighted by atomic mass is 9.89. The molecule has 0 saturated carbocycles. The fraction of sp³-hybridized carbons (Fsp3) is 0.889. The molecule has 0 aromatic carbocycles. The molecule has 9 heteroatoms. The van der Waals surface area contributed by atoms with E-state index in [1.54, 1.807) is 0 Å². The molecule has 0 aliphatic carbocycles. The average molecular weight is 425 g/mol. The smallest absolute Gasteiger partial charge is 0.242 e. The normalized spacial score (nSPS) is 25.9. The van der Waals surface area contributed by atoms with Gasteiger partial charge in [-0.25, -0.2) is 0 Å². The number of ether oxygens (including phenoxy) is 1. The van der Waals surface area contributed by atoms with Crippen LogP contribution in [0, 0.1) is 0 Å². The van der Waals surface area contributed by atoms with Crippen molar-refractivity contribution in [3.63, 3.8) is 0 Å². The number of amides is 2. The molecule has 3 aliphatic rings. The van der Waals surface area contributed by atoms with Gasteiger partial charge < -0.3 is 20.3 Å². The molecule has 1 atom stereocenters. The maximum atomic E-state index is 12.7. The molecule has 0 aromatic rings. The maximum absolute atomic E-state index is 12.7. The zero-order valence-electron chi connectivity index (χ0n) is 16.2. The molecule has 3 aliphatic heterocycles. The molecule has 3 saturated heterocycles. The highest BCUT2D eigenvalue weighted by Crippen LogP contribution is 2.22. The van der Waals surface area contributed by atoms with Crippen LogP contribution in [0.1, 0.15) is 39.0 Å². The zero-order chi connectivity index (χ0) is 17.9. The monoisotopic (exact) mass is 424 g/mol. The first-order valence-electron chi connectivity index (χ1n) is 9.67. The molecule has 0 bridgehead atoms. The molecule has 0 aromatic heterocycles. The second-order valence-electron chi connectivity index (χ2n) is 7.77. The summed E-state index contributed by atoms with van der Waals surface area (Å²) >= 11 is 0. The van der Waals surface area contributed by atoms with Gasteiger partial charge in [0.05, 0.1) is 12.1 Å². The minimum Gasteiger partial charge on any atom is -0.381 e. The van der Waals surface area contributed by atoms with Gasteiger partial charge in [-0.1, -0.05) is 0 Å². The topological polar surface area (TPSA) is 79.1 Å². The van der Waals surface area contributed by atoms with Gasteiger partial charge in [0, 0.05) is 52.0 Å². The number of halogens is 2. The van der Waals surface area contributed by atoms with Crippen LogP contribution in [-0.2, 0) is 14.3 Å². The quantitative estimate of drug-likeness (QED) is 0.727. The second-order valence-corrected chi connectivity index (χ2v) is 7.77. The largest absolute Gasteiger partial charge is 0.381 e. The van der Waals surface area contributed by atoms with Crippen molar-refractivity contribution in [2.24, 2.45) is 5.73 Å². The molecular formula is C18H34Cl2N4O3. The lowest BCUT2D eigenvalue weighted by Crippen LogP contribution is -2.61. The average Bonchev–Trinajstić information content (AvgIpc) is 2.62. The van der Waals surface area contributed by atoms with Crippen LogP contribution in [-0.4, -0.2) is 90.6 Å². The van der Waals surface area contributed by atoms with Gasteiger partial charge in [-0.15, -0.1) is 24.8 Å². The minimum atomic E-state index is -0.764. The number of hydrogen-bond donors (Lipinski definition) is 1. The van der Waals surface area contributed by atoms with Gasteiger partial charge in [-0.2, -0.15) is 0 Å². The van der Waals surface area contributed by atoms with E-state index in [1.807, 2.05) is 9.80 Å². The Morgan fingerprint density at radius 2 is 1.67 bits per heavy atom. The first kappa shape index (κ1) is 24.4. The number of nitrogens with two attached hydrogens (primary N) is 1. The first-order valence-corrected chi connectivity index (χ1v) is 9.67. The standard InChI is InChI=1S/C18H32N4O3.2ClH/c1-15-4-2-3-7-22(15)16(23)14-20-8-10-21(11-9-20)17(24)18(19)5-12-25-13-6-18;;/h15H,2-14,19H2,1H3;2*1H. The van der Waals surface area contributed by atoms with Crippen molar-refractivity contribution in [3.8, 4) is 0 Å². The fourth-order valence-corrected chi connectivity index (χ4v) is 4.12. The number of nitrogens with zero attached hydrogens (tertiary/aromatic N) is 3. The molecule has 1 unspecified atom stereocenters. The van der Waals surface area contributed by atoms with E-state index >= 15 is 0 Å². The lowest BCUT2D eigenvalue weighted by molar-refractivity contribution is -0.143. The van der Waals surface area contributed by atoms with Crippen molar-refractivity contribution >= 4 is 36.6 Å². The Bertz CT molecular complexity index is 495. The molecule has 3 rings (SSSR count). The molecule has 0 radical (unpaired) electrons. The molecule has 0 spiro atoms. The van der Waals surface area contributed by atoms with Gasteiger partial charge in [-0.05, 0) is 39.0 Å². The molecule has 3 fully saturated rings. The van der Waals surface area contributed by atoms with Crippen molar-refractivity contribution in [1.29, 1.82) is 0 Å². The molecule has 2 N–H and O–H groups in total. The summed E-state index contributed by atoms with van der Waals surface area (Å²) in [5.41, 5.74) is 5.55. The van der Waals surface area contributed by atoms with Gasteiger partial charge >= 0.3 is 0 Å². The van der Waals surface area contributed by atoms with E-state index in [1.165, 1.54) is 6.42 Å². The second kappa shape index (κ2) is 10.8. The van der Waals surface area contributed by atoms with Gasteiger partial charge in [-0.3, -0.25) is 14.5 Å². The van der Waals surface area contributed by atoms with Gasteiger partial charge in [0.2, 0.25) is 11.8 Å². The highest BCUT2D eigenvalue weighted by Gasteiger charge is 2.40. The molecule has 3 heterocycles. The Hall–Kier alpha value is -0.600. The summed E-state index contributed by atoms with van der Waals surface area (Å²) in [5.74, 6) is 0.276. The Morgan fingerprint density at radius 3 is 2.26 bits per heavy atom. The van der Waals surface area contributed by atoms with E-state index in [2.05, 4.69) is 11.8 Å². The number of piperazine rings is 1. The lowest BCUT2D eigenvalue weighted by Gasteiger charge is -2.41. The summed E-state index contributed by atoms with van der Waals surface area (Å²) in [6.45, 7) is 7.41. The number of carbonyl (C=O) groups excluding carboxylic acids is 2. The van der Waals surface area contributed by atoms with Crippen LogP contribution in [0.15, 0.2) is 0 Å². The summed E-state index contributed by atoms with van der Waals surface area (Å²) in [7, 11) is 0. The van der Waals surface area contributed by atoms with Crippen molar-refractivity contribution in [1.82, 2.24) is 14.7 Å². The van der Waals surface area contributed by atoms with Crippen LogP contribution < -0.4 is 5.73 Å². The summed E-state index contributed by atoms with van der Waals surface area (Å²) in [6.07, 6.45) is 4.63. The van der Waals surface area contributed by atoms with E-state index in [0.29, 0.717) is 51.7 Å². The van der Waals surface area contributed by atoms with E-state index < -0.39 is 5.54 Å². The summed E-state index contributed by atoms with van der Waals surface area (Å²) in [5, 5.41) is 0. The third kappa shape index (κ3) is 5.94. The van der Waals surface area contributed by atoms with Crippen LogP contribution in [0.2, 0.25) is 0 Å². The highest BCUT2D eigenvalue weighted by atomic mass is 35.5. The molecule has 2 amide bonds. The third-order valence-corrected chi connectivity index (χ3v) is 5.95. The number of rotatable bonds is 3. The van der Waals surface area contributed by atoms with Crippen molar-refractivity contribution < 1.29 is 14.3 Å². The molecule has 158 valence electrons. The minimum absolute atomic E-state index is 0. The SMILES string of the molecule is CC1CCCCN1C(=O)CN1CCN(C(=O)C2(N)CCOCC2)CC1.Cl.Cl. The first-order chi connectivity index (χ1) is 12.0. The number of hydrogen-bond acceptors (Lipinski definition) is 5. The predicted octanol–water partition coefficient (Wildman–Crippen LogP) is 0.883. The Balaban J connectivity index is 0.00000182. The van der Waals surface area contributed by atoms with Crippen LogP contribution in [0.5, 0.6) is 0 Å². The third-order valence-electron chi connectivity index (χ3n) is 5.95. The summed E-state index contributed by atoms with van der Waals surface area (Å²) in [4.78, 5) is 31.4. The van der Waals surface area contributed by atoms with E-state index in [0.717, 1.165) is 32.5 Å². The van der Waals surface area contributed by atoms with Crippen molar-refractivity contribution in [3.05, 3.63) is 0 Å². The molecule has 27 heavy (non-hydrogen) atoms. The Morgan fingerprint density at radius 1 is 1.04 bits per heavy atom. The molecule has 7 nitrogen and oxygen atoms in total. The van der Waals surface area contributed by atoms with Crippen molar-refractivity contribution in [2.45, 2.75) is 50.6 Å². The van der Waals surface area contributed by atoms with E-state index in [9.17, 15) is 9.59 Å². The van der Waals surface area contributed by atoms with Crippen LogP contribution in [0.25, 0.3) is 0 Å². The summed E-state index contributed by atoms with van der Waals surface area (Å²) in [6, 6.07) is 0.356. The highest BCUT2D eigenvalue weighted by molar-refractivity contribution is 5.86. The molecular weight excluding hydrogens is 391 g/mol. The van der Waals surface area contributed by atoms with Gasteiger partial charge in [0.1, 0.15) is 0 Å².